The third-order valence-electron chi connectivity index (χ3n) is 3.52. The van der Waals surface area contributed by atoms with Crippen molar-refractivity contribution in [2.75, 3.05) is 58.8 Å². The zero-order chi connectivity index (χ0) is 15.9. The summed E-state index contributed by atoms with van der Waals surface area (Å²) in [7, 11) is 5.21. The largest absolute Gasteiger partial charge is 0.347 e. The van der Waals surface area contributed by atoms with E-state index in [0.29, 0.717) is 0 Å². The maximum absolute atomic E-state index is 11.6. The van der Waals surface area contributed by atoms with Gasteiger partial charge >= 0.3 is 0 Å². The minimum absolute atomic E-state index is 0.0254. The molecule has 1 N–H and O–H groups in total. The molecule has 1 aromatic rings. The van der Waals surface area contributed by atoms with Crippen LogP contribution in [0.25, 0.3) is 0 Å². The summed E-state index contributed by atoms with van der Waals surface area (Å²) >= 11 is 0. The van der Waals surface area contributed by atoms with Gasteiger partial charge in [-0.25, -0.2) is 9.97 Å². The number of carbonyl (C=O) groups excluding carboxylic acids is 1. The number of carbonyl (C=O) groups is 1. The lowest BCUT2D eigenvalue weighted by Crippen LogP contribution is -2.54. The lowest BCUT2D eigenvalue weighted by molar-refractivity contribution is -0.127. The molecule has 0 spiro atoms. The number of nitrogens with one attached hydrogen (secondary N) is 1. The molecule has 1 aliphatic rings. The van der Waals surface area contributed by atoms with E-state index in [4.69, 9.17) is 0 Å². The number of aliphatic imine (C=N–C) groups is 1. The SMILES string of the molecule is CN=C(NCC(=O)N(C)C)N1CCN(c2ncccn2)CC1. The van der Waals surface area contributed by atoms with Crippen molar-refractivity contribution in [3.63, 3.8) is 0 Å². The first-order valence-corrected chi connectivity index (χ1v) is 7.29. The van der Waals surface area contributed by atoms with Crippen LogP contribution in [0.1, 0.15) is 0 Å². The van der Waals surface area contributed by atoms with Gasteiger partial charge in [0.05, 0.1) is 6.54 Å². The summed E-state index contributed by atoms with van der Waals surface area (Å²) in [5, 5.41) is 3.11. The van der Waals surface area contributed by atoms with Crippen molar-refractivity contribution >= 4 is 17.8 Å². The Hall–Kier alpha value is -2.38. The number of piperazine rings is 1. The van der Waals surface area contributed by atoms with Gasteiger partial charge in [0.15, 0.2) is 5.96 Å². The summed E-state index contributed by atoms with van der Waals surface area (Å²) in [6, 6.07) is 1.81. The lowest BCUT2D eigenvalue weighted by Gasteiger charge is -2.36. The number of rotatable bonds is 3. The summed E-state index contributed by atoms with van der Waals surface area (Å²) in [6.45, 7) is 3.53. The molecule has 1 aliphatic heterocycles. The predicted molar refractivity (Wildman–Crippen MR) is 85.9 cm³/mol. The normalized spacial score (nSPS) is 15.7. The molecular formula is C14H23N7O. The van der Waals surface area contributed by atoms with Crippen LogP contribution in [0.5, 0.6) is 0 Å². The van der Waals surface area contributed by atoms with Crippen molar-refractivity contribution in [1.29, 1.82) is 0 Å². The highest BCUT2D eigenvalue weighted by molar-refractivity contribution is 5.86. The monoisotopic (exact) mass is 305 g/mol. The molecule has 0 aliphatic carbocycles. The number of amides is 1. The van der Waals surface area contributed by atoms with E-state index in [-0.39, 0.29) is 12.5 Å². The summed E-state index contributed by atoms with van der Waals surface area (Å²) in [5.74, 6) is 1.54. The average molecular weight is 305 g/mol. The average Bonchev–Trinajstić information content (AvgIpc) is 2.56. The molecule has 22 heavy (non-hydrogen) atoms. The number of aromatic nitrogens is 2. The second kappa shape index (κ2) is 7.58. The maximum atomic E-state index is 11.6. The van der Waals surface area contributed by atoms with Crippen LogP contribution in [0.4, 0.5) is 5.95 Å². The molecule has 8 heteroatoms. The highest BCUT2D eigenvalue weighted by Gasteiger charge is 2.21. The molecule has 0 unspecified atom stereocenters. The molecule has 2 rings (SSSR count). The van der Waals surface area contributed by atoms with Gasteiger partial charge in [0.25, 0.3) is 0 Å². The van der Waals surface area contributed by atoms with Gasteiger partial charge in [0.2, 0.25) is 11.9 Å². The Kier molecular flexibility index (Phi) is 5.51. The Bertz CT molecular complexity index is 509. The van der Waals surface area contributed by atoms with Crippen molar-refractivity contribution < 1.29 is 4.79 Å². The van der Waals surface area contributed by atoms with E-state index in [1.807, 2.05) is 6.07 Å². The van der Waals surface area contributed by atoms with Gasteiger partial charge in [-0.15, -0.1) is 0 Å². The third-order valence-corrected chi connectivity index (χ3v) is 3.52. The number of likely N-dealkylation sites (N-methyl/N-ethyl adjacent to an activating group) is 1. The summed E-state index contributed by atoms with van der Waals surface area (Å²) in [5.41, 5.74) is 0. The maximum Gasteiger partial charge on any atom is 0.241 e. The van der Waals surface area contributed by atoms with Crippen LogP contribution < -0.4 is 10.2 Å². The van der Waals surface area contributed by atoms with E-state index in [1.54, 1.807) is 38.4 Å². The van der Waals surface area contributed by atoms with E-state index in [2.05, 4.69) is 30.1 Å². The summed E-state index contributed by atoms with van der Waals surface area (Å²) < 4.78 is 0. The second-order valence-electron chi connectivity index (χ2n) is 5.21. The number of hydrogen-bond acceptors (Lipinski definition) is 5. The van der Waals surface area contributed by atoms with Crippen LogP contribution in [0.2, 0.25) is 0 Å². The van der Waals surface area contributed by atoms with Gasteiger partial charge in [-0.1, -0.05) is 0 Å². The topological polar surface area (TPSA) is 77.0 Å². The van der Waals surface area contributed by atoms with Crippen molar-refractivity contribution in [3.05, 3.63) is 18.5 Å². The van der Waals surface area contributed by atoms with Crippen LogP contribution in [0.15, 0.2) is 23.5 Å². The molecule has 2 heterocycles. The van der Waals surface area contributed by atoms with Crippen molar-refractivity contribution in [3.8, 4) is 0 Å². The first kappa shape index (κ1) is 16.0. The molecule has 8 nitrogen and oxygen atoms in total. The fraction of sp³-hybridized carbons (Fsp3) is 0.571. The standard InChI is InChI=1S/C14H23N7O/c1-15-13(18-11-12(22)19(2)3)20-7-9-21(10-8-20)14-16-5-4-6-17-14/h4-6H,7-11H2,1-3H3,(H,15,18). The number of nitrogens with zero attached hydrogens (tertiary/aromatic N) is 6. The van der Waals surface area contributed by atoms with E-state index in [9.17, 15) is 4.79 Å². The molecule has 0 aromatic carbocycles. The first-order chi connectivity index (χ1) is 10.6. The minimum atomic E-state index is 0.0254. The summed E-state index contributed by atoms with van der Waals surface area (Å²) in [6.07, 6.45) is 3.50. The van der Waals surface area contributed by atoms with E-state index in [1.165, 1.54) is 0 Å². The van der Waals surface area contributed by atoms with Crippen molar-refractivity contribution in [2.45, 2.75) is 0 Å². The highest BCUT2D eigenvalue weighted by atomic mass is 16.2. The fourth-order valence-corrected chi connectivity index (χ4v) is 2.22. The molecule has 0 bridgehead atoms. The predicted octanol–water partition coefficient (Wildman–Crippen LogP) is -0.738. The number of anilines is 1. The Morgan fingerprint density at radius 1 is 1.27 bits per heavy atom. The van der Waals surface area contributed by atoms with Gasteiger partial charge in [-0.2, -0.15) is 0 Å². The zero-order valence-corrected chi connectivity index (χ0v) is 13.4. The quantitative estimate of drug-likeness (QED) is 0.586. The lowest BCUT2D eigenvalue weighted by atomic mass is 10.3. The van der Waals surface area contributed by atoms with Crippen LogP contribution in [0.3, 0.4) is 0 Å². The fourth-order valence-electron chi connectivity index (χ4n) is 2.22. The van der Waals surface area contributed by atoms with E-state index in [0.717, 1.165) is 38.1 Å². The molecule has 1 saturated heterocycles. The highest BCUT2D eigenvalue weighted by Crippen LogP contribution is 2.09. The molecule has 0 saturated carbocycles. The zero-order valence-electron chi connectivity index (χ0n) is 13.4. The molecule has 1 fully saturated rings. The molecule has 0 radical (unpaired) electrons. The van der Waals surface area contributed by atoms with E-state index < -0.39 is 0 Å². The minimum Gasteiger partial charge on any atom is -0.347 e. The summed E-state index contributed by atoms with van der Waals surface area (Å²) in [4.78, 5) is 30.3. The van der Waals surface area contributed by atoms with Crippen molar-refractivity contribution in [2.24, 2.45) is 4.99 Å². The Morgan fingerprint density at radius 3 is 2.45 bits per heavy atom. The molecule has 1 aromatic heterocycles. The van der Waals surface area contributed by atoms with Gasteiger partial charge < -0.3 is 20.0 Å². The smallest absolute Gasteiger partial charge is 0.241 e. The Balaban J connectivity index is 1.85. The number of guanidine groups is 1. The Morgan fingerprint density at radius 2 is 1.91 bits per heavy atom. The van der Waals surface area contributed by atoms with Gasteiger partial charge in [0, 0.05) is 59.7 Å². The molecule has 120 valence electrons. The number of hydrogen-bond donors (Lipinski definition) is 1. The van der Waals surface area contributed by atoms with Crippen LogP contribution >= 0.6 is 0 Å². The third kappa shape index (κ3) is 4.06. The van der Waals surface area contributed by atoms with Crippen LogP contribution in [0, 0.1) is 0 Å². The van der Waals surface area contributed by atoms with Crippen LogP contribution in [-0.4, -0.2) is 85.5 Å². The van der Waals surface area contributed by atoms with Crippen LogP contribution in [-0.2, 0) is 4.79 Å². The molecule has 0 atom stereocenters. The van der Waals surface area contributed by atoms with Gasteiger partial charge in [-0.05, 0) is 6.07 Å². The van der Waals surface area contributed by atoms with Gasteiger partial charge in [-0.3, -0.25) is 9.79 Å². The van der Waals surface area contributed by atoms with Crippen molar-refractivity contribution in [1.82, 2.24) is 25.1 Å². The first-order valence-electron chi connectivity index (χ1n) is 7.29. The molecule has 1 amide bonds. The molecular weight excluding hydrogens is 282 g/mol. The second-order valence-corrected chi connectivity index (χ2v) is 5.21. The Labute approximate surface area is 130 Å². The van der Waals surface area contributed by atoms with E-state index >= 15 is 0 Å². The van der Waals surface area contributed by atoms with Gasteiger partial charge in [0.1, 0.15) is 0 Å².